The Morgan fingerprint density at radius 3 is 1.54 bits per heavy atom. The van der Waals surface area contributed by atoms with Crippen LogP contribution in [0.15, 0.2) is 58.7 Å². The molecule has 2 aromatic carbocycles. The lowest BCUT2D eigenvalue weighted by Gasteiger charge is -2.15. The van der Waals surface area contributed by atoms with Gasteiger partial charge in [0.25, 0.3) is 0 Å². The molecule has 2 N–H and O–H groups in total. The number of aryl methyl sites for hydroxylation is 2. The molecule has 0 spiro atoms. The molecule has 0 radical (unpaired) electrons. The first kappa shape index (κ1) is 15.9. The fourth-order valence-electron chi connectivity index (χ4n) is 4.85. The van der Waals surface area contributed by atoms with E-state index in [9.17, 15) is 0 Å². The monoisotopic (exact) mass is 366 g/mol. The molecule has 6 rings (SSSR count). The molecule has 28 heavy (non-hydrogen) atoms. The van der Waals surface area contributed by atoms with E-state index in [4.69, 9.17) is 10.2 Å². The molecule has 0 saturated carbocycles. The highest BCUT2D eigenvalue weighted by molar-refractivity contribution is 6.09. The molecule has 2 heterocycles. The zero-order chi connectivity index (χ0) is 18.5. The Morgan fingerprint density at radius 1 is 0.571 bits per heavy atom. The third kappa shape index (κ3) is 2.37. The largest absolute Gasteiger partial charge is 0.353 e. The van der Waals surface area contributed by atoms with Crippen molar-refractivity contribution < 1.29 is 0 Å². The van der Waals surface area contributed by atoms with Gasteiger partial charge in [-0.05, 0) is 61.8 Å². The highest BCUT2D eigenvalue weighted by Gasteiger charge is 2.22. The molecular weight excluding hydrogens is 344 g/mol. The molecule has 0 aliphatic heterocycles. The van der Waals surface area contributed by atoms with Crippen molar-refractivity contribution >= 4 is 33.2 Å². The standard InChI is InChI=1S/C24H22N4/c1-3-11-19-15(7-1)17-9-5-13-21(23(17)25-19)27-28-22-14-6-10-18-16-8-2-4-12-20(16)26-24(18)22/h1-4,7-8,11-12,25-26H,5-6,9-10,13-14H2. The number of nitrogens with one attached hydrogen (secondary N) is 2. The molecule has 0 amide bonds. The van der Waals surface area contributed by atoms with Gasteiger partial charge in [0.15, 0.2) is 0 Å². The van der Waals surface area contributed by atoms with Gasteiger partial charge in [-0.3, -0.25) is 0 Å². The molecule has 138 valence electrons. The van der Waals surface area contributed by atoms with Crippen molar-refractivity contribution in [1.29, 1.82) is 0 Å². The van der Waals surface area contributed by atoms with Crippen molar-refractivity contribution in [3.05, 3.63) is 71.0 Å². The van der Waals surface area contributed by atoms with Gasteiger partial charge in [0.05, 0.1) is 22.8 Å². The summed E-state index contributed by atoms with van der Waals surface area (Å²) in [7, 11) is 0. The average Bonchev–Trinajstić information content (AvgIpc) is 3.31. The second kappa shape index (κ2) is 6.20. The molecule has 0 atom stereocenters. The number of hydrogen-bond donors (Lipinski definition) is 2. The Hall–Kier alpha value is -3.14. The van der Waals surface area contributed by atoms with Gasteiger partial charge in [-0.2, -0.15) is 10.2 Å². The molecule has 0 saturated heterocycles. The lowest BCUT2D eigenvalue weighted by atomic mass is 9.94. The number of H-pyrrole nitrogens is 2. The predicted molar refractivity (Wildman–Crippen MR) is 116 cm³/mol. The smallest absolute Gasteiger partial charge is 0.0868 e. The first-order chi connectivity index (χ1) is 13.9. The molecule has 4 heteroatoms. The summed E-state index contributed by atoms with van der Waals surface area (Å²) in [6, 6.07) is 17.1. The van der Waals surface area contributed by atoms with Crippen molar-refractivity contribution in [2.75, 3.05) is 0 Å². The van der Waals surface area contributed by atoms with Crippen LogP contribution in [0.2, 0.25) is 0 Å². The van der Waals surface area contributed by atoms with Crippen molar-refractivity contribution in [2.24, 2.45) is 10.2 Å². The number of fused-ring (bicyclic) bond motifs is 6. The SMILES string of the molecule is c1ccc2c3c([nH]c2c1)C(=NN=C1CCCc2c1[nH]c1ccccc21)CCC3. The second-order valence-corrected chi connectivity index (χ2v) is 7.85. The quantitative estimate of drug-likeness (QED) is 0.417. The predicted octanol–water partition coefficient (Wildman–Crippen LogP) is 5.52. The van der Waals surface area contributed by atoms with Gasteiger partial charge in [-0.15, -0.1) is 0 Å². The van der Waals surface area contributed by atoms with E-state index in [1.165, 1.54) is 44.3 Å². The van der Waals surface area contributed by atoms with Crippen LogP contribution in [0.25, 0.3) is 21.8 Å². The molecule has 4 aromatic rings. The Balaban J connectivity index is 1.45. The van der Waals surface area contributed by atoms with Crippen molar-refractivity contribution in [2.45, 2.75) is 38.5 Å². The Kier molecular flexibility index (Phi) is 3.51. The summed E-state index contributed by atoms with van der Waals surface area (Å²) >= 11 is 0. The summed E-state index contributed by atoms with van der Waals surface area (Å²) in [5.41, 5.74) is 9.75. The molecule has 2 aliphatic carbocycles. The van der Waals surface area contributed by atoms with E-state index in [0.717, 1.165) is 49.9 Å². The number of nitrogens with zero attached hydrogens (tertiary/aromatic N) is 2. The summed E-state index contributed by atoms with van der Waals surface area (Å²) in [4.78, 5) is 7.17. The molecule has 2 aliphatic rings. The summed E-state index contributed by atoms with van der Waals surface area (Å²) < 4.78 is 0. The number of benzene rings is 2. The first-order valence-corrected chi connectivity index (χ1v) is 10.2. The van der Waals surface area contributed by atoms with Crippen LogP contribution in [-0.2, 0) is 12.8 Å². The van der Waals surface area contributed by atoms with Crippen molar-refractivity contribution in [1.82, 2.24) is 9.97 Å². The fourth-order valence-corrected chi connectivity index (χ4v) is 4.85. The maximum absolute atomic E-state index is 4.77. The van der Waals surface area contributed by atoms with Crippen molar-refractivity contribution in [3.8, 4) is 0 Å². The Morgan fingerprint density at radius 2 is 1.04 bits per heavy atom. The van der Waals surface area contributed by atoms with Crippen LogP contribution in [-0.4, -0.2) is 21.4 Å². The van der Waals surface area contributed by atoms with Gasteiger partial charge in [-0.1, -0.05) is 36.4 Å². The van der Waals surface area contributed by atoms with Crippen LogP contribution in [0.5, 0.6) is 0 Å². The lowest BCUT2D eigenvalue weighted by Crippen LogP contribution is -2.13. The number of hydrogen-bond acceptors (Lipinski definition) is 2. The second-order valence-electron chi connectivity index (χ2n) is 7.85. The maximum atomic E-state index is 4.77. The molecular formula is C24H22N4. The van der Waals surface area contributed by atoms with E-state index in [2.05, 4.69) is 58.5 Å². The molecule has 0 unspecified atom stereocenters. The third-order valence-electron chi connectivity index (χ3n) is 6.18. The average molecular weight is 366 g/mol. The van der Waals surface area contributed by atoms with Crippen LogP contribution in [0.1, 0.15) is 48.2 Å². The zero-order valence-electron chi connectivity index (χ0n) is 15.8. The van der Waals surface area contributed by atoms with Crippen LogP contribution < -0.4 is 0 Å². The van der Waals surface area contributed by atoms with Gasteiger partial charge < -0.3 is 9.97 Å². The Bertz CT molecular complexity index is 1170. The van der Waals surface area contributed by atoms with Crippen LogP contribution in [0.4, 0.5) is 0 Å². The summed E-state index contributed by atoms with van der Waals surface area (Å²) in [5.74, 6) is 0. The van der Waals surface area contributed by atoms with Crippen LogP contribution in [0, 0.1) is 0 Å². The minimum Gasteiger partial charge on any atom is -0.353 e. The number of aromatic amines is 2. The number of aromatic nitrogens is 2. The van der Waals surface area contributed by atoms with E-state index in [1.807, 2.05) is 0 Å². The molecule has 4 nitrogen and oxygen atoms in total. The van der Waals surface area contributed by atoms with E-state index in [-0.39, 0.29) is 0 Å². The number of rotatable bonds is 1. The molecule has 0 fully saturated rings. The lowest BCUT2D eigenvalue weighted by molar-refractivity contribution is 0.827. The van der Waals surface area contributed by atoms with E-state index >= 15 is 0 Å². The van der Waals surface area contributed by atoms with Gasteiger partial charge in [0.1, 0.15) is 0 Å². The summed E-state index contributed by atoms with van der Waals surface area (Å²) in [6.45, 7) is 0. The minimum atomic E-state index is 0.982. The highest BCUT2D eigenvalue weighted by atomic mass is 15.2. The molecule has 2 aromatic heterocycles. The fraction of sp³-hybridized carbons (Fsp3) is 0.250. The van der Waals surface area contributed by atoms with Gasteiger partial charge >= 0.3 is 0 Å². The van der Waals surface area contributed by atoms with Crippen LogP contribution >= 0.6 is 0 Å². The minimum absolute atomic E-state index is 0.982. The van der Waals surface area contributed by atoms with E-state index in [0.29, 0.717) is 0 Å². The zero-order valence-corrected chi connectivity index (χ0v) is 15.8. The maximum Gasteiger partial charge on any atom is 0.0868 e. The summed E-state index contributed by atoms with van der Waals surface area (Å²) in [5, 5.41) is 12.2. The molecule has 0 bridgehead atoms. The van der Waals surface area contributed by atoms with Gasteiger partial charge in [-0.25, -0.2) is 0 Å². The Labute approximate surface area is 163 Å². The van der Waals surface area contributed by atoms with Crippen LogP contribution in [0.3, 0.4) is 0 Å². The normalized spacial score (nSPS) is 19.4. The number of para-hydroxylation sites is 2. The summed E-state index contributed by atoms with van der Waals surface area (Å²) in [6.07, 6.45) is 6.46. The third-order valence-corrected chi connectivity index (χ3v) is 6.18. The van der Waals surface area contributed by atoms with Crippen molar-refractivity contribution in [3.63, 3.8) is 0 Å². The topological polar surface area (TPSA) is 56.3 Å². The van der Waals surface area contributed by atoms with Gasteiger partial charge in [0, 0.05) is 21.8 Å². The first-order valence-electron chi connectivity index (χ1n) is 10.2. The van der Waals surface area contributed by atoms with E-state index in [1.54, 1.807) is 0 Å². The van der Waals surface area contributed by atoms with Gasteiger partial charge in [0.2, 0.25) is 0 Å². The highest BCUT2D eigenvalue weighted by Crippen LogP contribution is 2.31. The van der Waals surface area contributed by atoms with E-state index < -0.39 is 0 Å².